The maximum atomic E-state index is 10.3. The van der Waals surface area contributed by atoms with Crippen molar-refractivity contribution in [3.63, 3.8) is 0 Å². The number of hydrogen-bond acceptors (Lipinski definition) is 4. The van der Waals surface area contributed by atoms with Crippen molar-refractivity contribution >= 4 is 18.0 Å². The summed E-state index contributed by atoms with van der Waals surface area (Å²) in [6.45, 7) is 7.35. The van der Waals surface area contributed by atoms with Gasteiger partial charge in [0, 0.05) is 11.2 Å². The summed E-state index contributed by atoms with van der Waals surface area (Å²) in [5.74, 6) is 0.0513. The summed E-state index contributed by atoms with van der Waals surface area (Å²) < 4.78 is 5.45. The zero-order valence-electron chi connectivity index (χ0n) is 8.59. The van der Waals surface area contributed by atoms with E-state index in [1.54, 1.807) is 6.08 Å². The molecule has 0 aromatic rings. The minimum atomic E-state index is -0.721. The molecular formula is C11H16O3S. The van der Waals surface area contributed by atoms with Gasteiger partial charge in [0.2, 0.25) is 0 Å². The van der Waals surface area contributed by atoms with E-state index in [-0.39, 0.29) is 24.4 Å². The van der Waals surface area contributed by atoms with Crippen LogP contribution >= 0.6 is 11.8 Å². The van der Waals surface area contributed by atoms with Crippen molar-refractivity contribution in [2.45, 2.75) is 16.6 Å². The van der Waals surface area contributed by atoms with Crippen LogP contribution in [-0.2, 0) is 9.53 Å². The van der Waals surface area contributed by atoms with Crippen LogP contribution < -0.4 is 0 Å². The number of aldehydes is 1. The normalized spacial score (nSPS) is 35.0. The number of rotatable bonds is 6. The first-order chi connectivity index (χ1) is 7.22. The fraction of sp³-hybridized carbons (Fsp3) is 0.545. The Labute approximate surface area is 94.2 Å². The molecule has 3 nitrogen and oxygen atoms in total. The van der Waals surface area contributed by atoms with Crippen LogP contribution in [0.25, 0.3) is 0 Å². The van der Waals surface area contributed by atoms with Crippen LogP contribution in [0.3, 0.4) is 0 Å². The third-order valence-electron chi connectivity index (χ3n) is 2.57. The molecule has 1 rings (SSSR count). The highest BCUT2D eigenvalue weighted by atomic mass is 32.2. The summed E-state index contributed by atoms with van der Waals surface area (Å²) in [4.78, 5) is 9.58. The summed E-state index contributed by atoms with van der Waals surface area (Å²) in [5, 5.41) is 9.66. The monoisotopic (exact) mass is 228 g/mol. The first-order valence-electron chi connectivity index (χ1n) is 4.83. The van der Waals surface area contributed by atoms with Gasteiger partial charge in [0.25, 0.3) is 0 Å². The second kappa shape index (κ2) is 5.49. The highest BCUT2D eigenvalue weighted by Crippen LogP contribution is 2.49. The summed E-state index contributed by atoms with van der Waals surface area (Å²) >= 11 is 1.51. The van der Waals surface area contributed by atoms with Crippen LogP contribution in [0.15, 0.2) is 25.3 Å². The van der Waals surface area contributed by atoms with Gasteiger partial charge in [-0.3, -0.25) is 0 Å². The van der Waals surface area contributed by atoms with Crippen molar-refractivity contribution in [1.82, 2.24) is 0 Å². The average molecular weight is 228 g/mol. The van der Waals surface area contributed by atoms with Crippen LogP contribution in [-0.4, -0.2) is 34.8 Å². The Morgan fingerprint density at radius 1 is 1.53 bits per heavy atom. The van der Waals surface area contributed by atoms with E-state index in [0.717, 1.165) is 6.42 Å². The number of aliphatic hydroxyl groups excluding tert-OH is 1. The van der Waals surface area contributed by atoms with Gasteiger partial charge >= 0.3 is 0 Å². The molecule has 0 amide bonds. The lowest BCUT2D eigenvalue weighted by Crippen LogP contribution is -2.37. The predicted molar refractivity (Wildman–Crippen MR) is 61.7 cm³/mol. The quantitative estimate of drug-likeness (QED) is 0.551. The molecule has 4 heteroatoms. The second-order valence-corrected chi connectivity index (χ2v) is 4.95. The van der Waals surface area contributed by atoms with Crippen molar-refractivity contribution in [2.24, 2.45) is 5.92 Å². The molecule has 0 aromatic carbocycles. The summed E-state index contributed by atoms with van der Waals surface area (Å²) in [5.41, 5.74) is 0. The Balaban J connectivity index is 2.79. The molecule has 0 saturated carbocycles. The van der Waals surface area contributed by atoms with E-state index in [4.69, 9.17) is 4.74 Å². The molecule has 1 N–H and O–H groups in total. The van der Waals surface area contributed by atoms with E-state index < -0.39 is 4.93 Å². The van der Waals surface area contributed by atoms with Crippen LogP contribution in [0.1, 0.15) is 6.42 Å². The highest BCUT2D eigenvalue weighted by Gasteiger charge is 2.46. The van der Waals surface area contributed by atoms with Crippen LogP contribution in [0.2, 0.25) is 0 Å². The first kappa shape index (κ1) is 12.5. The fourth-order valence-electron chi connectivity index (χ4n) is 1.76. The van der Waals surface area contributed by atoms with Crippen molar-refractivity contribution < 1.29 is 14.6 Å². The Hall–Kier alpha value is -0.580. The molecule has 0 radical (unpaired) electrons. The molecular weight excluding hydrogens is 212 g/mol. The number of carbonyl (C=O) groups excluding carboxylic acids is 1. The lowest BCUT2D eigenvalue weighted by molar-refractivity contribution is -0.117. The first-order valence-corrected chi connectivity index (χ1v) is 5.71. The van der Waals surface area contributed by atoms with Crippen molar-refractivity contribution in [2.75, 3.05) is 13.2 Å². The second-order valence-electron chi connectivity index (χ2n) is 3.42. The Morgan fingerprint density at radius 3 is 2.73 bits per heavy atom. The molecule has 1 aliphatic rings. The van der Waals surface area contributed by atoms with Crippen molar-refractivity contribution in [3.05, 3.63) is 25.3 Å². The van der Waals surface area contributed by atoms with E-state index in [0.29, 0.717) is 6.29 Å². The van der Waals surface area contributed by atoms with Crippen molar-refractivity contribution in [3.8, 4) is 0 Å². The van der Waals surface area contributed by atoms with Gasteiger partial charge in [0.15, 0.2) is 0 Å². The van der Waals surface area contributed by atoms with Gasteiger partial charge in [0.1, 0.15) is 17.8 Å². The Bertz CT molecular complexity index is 254. The minimum absolute atomic E-state index is 0.00175. The lowest BCUT2D eigenvalue weighted by Gasteiger charge is -2.30. The molecule has 1 saturated heterocycles. The molecule has 0 bridgehead atoms. The van der Waals surface area contributed by atoms with Crippen LogP contribution in [0.5, 0.6) is 0 Å². The number of carbonyl (C=O) groups is 1. The maximum Gasteiger partial charge on any atom is 0.145 e. The number of hydrogen-bond donors (Lipinski definition) is 1. The minimum Gasteiger partial charge on any atom is -0.392 e. The number of ether oxygens (including phenoxy) is 1. The van der Waals surface area contributed by atoms with Crippen molar-refractivity contribution in [1.29, 1.82) is 0 Å². The molecule has 84 valence electrons. The van der Waals surface area contributed by atoms with Gasteiger partial charge in [-0.15, -0.1) is 24.9 Å². The standard InChI is InChI=1S/C11H16O3S/c1-3-9-7-10(4-2)15-11(9,8-13)14-6-5-12/h3-5,9-10,13H,1-2,6-8H2/t9?,10?,11-/m1/s1. The van der Waals surface area contributed by atoms with E-state index >= 15 is 0 Å². The van der Waals surface area contributed by atoms with E-state index in [1.807, 2.05) is 6.08 Å². The molecule has 0 aliphatic carbocycles. The predicted octanol–water partition coefficient (Wildman–Crippen LogP) is 1.38. The van der Waals surface area contributed by atoms with Gasteiger partial charge in [-0.1, -0.05) is 12.2 Å². The third-order valence-corrected chi connectivity index (χ3v) is 4.20. The van der Waals surface area contributed by atoms with Gasteiger partial charge < -0.3 is 14.6 Å². The van der Waals surface area contributed by atoms with Crippen LogP contribution in [0, 0.1) is 5.92 Å². The van der Waals surface area contributed by atoms with Gasteiger partial charge in [-0.2, -0.15) is 0 Å². The summed E-state index contributed by atoms with van der Waals surface area (Å²) in [6, 6.07) is 0. The smallest absolute Gasteiger partial charge is 0.145 e. The topological polar surface area (TPSA) is 46.5 Å². The molecule has 0 spiro atoms. The zero-order valence-corrected chi connectivity index (χ0v) is 9.41. The number of aliphatic hydroxyl groups is 1. The van der Waals surface area contributed by atoms with E-state index in [9.17, 15) is 9.90 Å². The Morgan fingerprint density at radius 2 is 2.27 bits per heavy atom. The summed E-state index contributed by atoms with van der Waals surface area (Å²) in [7, 11) is 0. The molecule has 2 unspecified atom stereocenters. The molecule has 3 atom stereocenters. The third kappa shape index (κ3) is 2.51. The Kier molecular flexibility index (Phi) is 4.57. The SMILES string of the molecule is C=CC1CC(C=C)[C@](CO)(OCC=O)S1. The number of thioether (sulfide) groups is 1. The summed E-state index contributed by atoms with van der Waals surface area (Å²) in [6.07, 6.45) is 5.15. The lowest BCUT2D eigenvalue weighted by atomic mass is 9.97. The van der Waals surface area contributed by atoms with Gasteiger partial charge in [-0.25, -0.2) is 0 Å². The molecule has 1 heterocycles. The molecule has 15 heavy (non-hydrogen) atoms. The molecule has 1 aliphatic heterocycles. The highest BCUT2D eigenvalue weighted by molar-refractivity contribution is 8.01. The average Bonchev–Trinajstić information content (AvgIpc) is 2.65. The molecule has 1 fully saturated rings. The van der Waals surface area contributed by atoms with Crippen LogP contribution in [0.4, 0.5) is 0 Å². The van der Waals surface area contributed by atoms with Gasteiger partial charge in [-0.05, 0) is 6.42 Å². The molecule has 0 aromatic heterocycles. The van der Waals surface area contributed by atoms with Gasteiger partial charge in [0.05, 0.1) is 6.61 Å². The maximum absolute atomic E-state index is 10.3. The zero-order chi connectivity index (χ0) is 11.3. The fourth-order valence-corrected chi connectivity index (χ4v) is 3.25. The van der Waals surface area contributed by atoms with E-state index in [1.165, 1.54) is 11.8 Å². The largest absolute Gasteiger partial charge is 0.392 e. The van der Waals surface area contributed by atoms with E-state index in [2.05, 4.69) is 13.2 Å².